The van der Waals surface area contributed by atoms with Gasteiger partial charge in [0, 0.05) is 37.4 Å². The molecule has 1 aromatic carbocycles. The van der Waals surface area contributed by atoms with Gasteiger partial charge in [-0.3, -0.25) is 4.79 Å². The largest absolute Gasteiger partial charge is 0.484 e. The SMILES string of the molecule is CN(C)CCN(C(=O)COc1ccc(Cl)cc1)C1CCOCC1. The zero-order chi connectivity index (χ0) is 16.7. The molecule has 0 radical (unpaired) electrons. The Morgan fingerprint density at radius 3 is 2.48 bits per heavy atom. The fourth-order valence-corrected chi connectivity index (χ4v) is 2.70. The van der Waals surface area contributed by atoms with Crippen LogP contribution in [0.5, 0.6) is 5.75 Å². The second-order valence-electron chi connectivity index (χ2n) is 5.98. The fraction of sp³-hybridized carbons (Fsp3) is 0.588. The molecule has 128 valence electrons. The van der Waals surface area contributed by atoms with Gasteiger partial charge in [0.25, 0.3) is 5.91 Å². The molecule has 23 heavy (non-hydrogen) atoms. The van der Waals surface area contributed by atoms with Crippen LogP contribution in [0.1, 0.15) is 12.8 Å². The minimum absolute atomic E-state index is 0.0219. The maximum Gasteiger partial charge on any atom is 0.260 e. The van der Waals surface area contributed by atoms with Crippen LogP contribution in [0.15, 0.2) is 24.3 Å². The number of amides is 1. The highest BCUT2D eigenvalue weighted by Crippen LogP contribution is 2.17. The first-order valence-electron chi connectivity index (χ1n) is 7.96. The van der Waals surface area contributed by atoms with E-state index < -0.39 is 0 Å². The molecule has 0 unspecified atom stereocenters. The van der Waals surface area contributed by atoms with Crippen LogP contribution in [0.3, 0.4) is 0 Å². The molecule has 0 aromatic heterocycles. The Morgan fingerprint density at radius 1 is 1.22 bits per heavy atom. The molecule has 1 fully saturated rings. The number of benzene rings is 1. The monoisotopic (exact) mass is 340 g/mol. The third-order valence-corrected chi connectivity index (χ3v) is 4.17. The molecule has 0 saturated carbocycles. The van der Waals surface area contributed by atoms with Gasteiger partial charge in [-0.05, 0) is 51.2 Å². The molecule has 2 rings (SSSR count). The summed E-state index contributed by atoms with van der Waals surface area (Å²) in [4.78, 5) is 16.6. The van der Waals surface area contributed by atoms with Crippen LogP contribution in [0.4, 0.5) is 0 Å². The van der Waals surface area contributed by atoms with Gasteiger partial charge in [-0.15, -0.1) is 0 Å². The molecular weight excluding hydrogens is 316 g/mol. The van der Waals surface area contributed by atoms with Gasteiger partial charge in [-0.25, -0.2) is 0 Å². The first kappa shape index (κ1) is 18.0. The number of likely N-dealkylation sites (N-methyl/N-ethyl adjacent to an activating group) is 1. The van der Waals surface area contributed by atoms with E-state index in [1.165, 1.54) is 0 Å². The predicted molar refractivity (Wildman–Crippen MR) is 91.1 cm³/mol. The van der Waals surface area contributed by atoms with Gasteiger partial charge in [0.2, 0.25) is 0 Å². The summed E-state index contributed by atoms with van der Waals surface area (Å²) in [6, 6.07) is 7.29. The topological polar surface area (TPSA) is 42.0 Å². The Kier molecular flexibility index (Phi) is 7.15. The van der Waals surface area contributed by atoms with Crippen LogP contribution < -0.4 is 4.74 Å². The fourth-order valence-electron chi connectivity index (χ4n) is 2.57. The molecule has 1 aliphatic heterocycles. The molecule has 1 aliphatic rings. The molecule has 0 aliphatic carbocycles. The maximum atomic E-state index is 12.6. The van der Waals surface area contributed by atoms with E-state index in [1.807, 2.05) is 19.0 Å². The van der Waals surface area contributed by atoms with Gasteiger partial charge in [-0.1, -0.05) is 11.6 Å². The summed E-state index contributed by atoms with van der Waals surface area (Å²) in [7, 11) is 4.02. The summed E-state index contributed by atoms with van der Waals surface area (Å²) < 4.78 is 11.0. The van der Waals surface area contributed by atoms with Crippen molar-refractivity contribution in [3.63, 3.8) is 0 Å². The van der Waals surface area contributed by atoms with Gasteiger partial charge >= 0.3 is 0 Å². The van der Waals surface area contributed by atoms with E-state index in [0.717, 1.165) is 19.4 Å². The summed E-state index contributed by atoms with van der Waals surface area (Å²) in [5, 5.41) is 0.651. The lowest BCUT2D eigenvalue weighted by Gasteiger charge is -2.35. The third-order valence-electron chi connectivity index (χ3n) is 3.92. The van der Waals surface area contributed by atoms with Crippen molar-refractivity contribution in [3.8, 4) is 5.75 Å². The van der Waals surface area contributed by atoms with Crippen molar-refractivity contribution in [2.75, 3.05) is 47.0 Å². The van der Waals surface area contributed by atoms with Crippen molar-refractivity contribution >= 4 is 17.5 Å². The second-order valence-corrected chi connectivity index (χ2v) is 6.41. The van der Waals surface area contributed by atoms with Crippen LogP contribution >= 0.6 is 11.6 Å². The van der Waals surface area contributed by atoms with E-state index in [9.17, 15) is 4.79 Å². The van der Waals surface area contributed by atoms with Crippen LogP contribution in [0.2, 0.25) is 5.02 Å². The number of rotatable bonds is 7. The standard InChI is InChI=1S/C17H25ClN2O3/c1-19(2)9-10-20(15-7-11-22-12-8-15)17(21)13-23-16-5-3-14(18)4-6-16/h3-6,15H,7-13H2,1-2H3. The zero-order valence-electron chi connectivity index (χ0n) is 13.8. The molecule has 1 heterocycles. The molecular formula is C17H25ClN2O3. The first-order valence-corrected chi connectivity index (χ1v) is 8.34. The van der Waals surface area contributed by atoms with E-state index >= 15 is 0 Å². The number of hydrogen-bond donors (Lipinski definition) is 0. The molecule has 6 heteroatoms. The minimum atomic E-state index is 0.0219. The van der Waals surface area contributed by atoms with Crippen molar-refractivity contribution in [1.82, 2.24) is 9.80 Å². The summed E-state index contributed by atoms with van der Waals surface area (Å²) >= 11 is 5.85. The first-order chi connectivity index (χ1) is 11.1. The molecule has 1 saturated heterocycles. The molecule has 0 bridgehead atoms. The van der Waals surface area contributed by atoms with Crippen molar-refractivity contribution in [3.05, 3.63) is 29.3 Å². The number of carbonyl (C=O) groups excluding carboxylic acids is 1. The van der Waals surface area contributed by atoms with Crippen molar-refractivity contribution in [2.24, 2.45) is 0 Å². The highest BCUT2D eigenvalue weighted by atomic mass is 35.5. The average Bonchev–Trinajstić information content (AvgIpc) is 2.55. The maximum absolute atomic E-state index is 12.6. The minimum Gasteiger partial charge on any atom is -0.484 e. The Labute approximate surface area is 143 Å². The van der Waals surface area contributed by atoms with Gasteiger partial charge in [-0.2, -0.15) is 0 Å². The van der Waals surface area contributed by atoms with E-state index in [-0.39, 0.29) is 18.6 Å². The number of ether oxygens (including phenoxy) is 2. The van der Waals surface area contributed by atoms with Crippen LogP contribution in [-0.2, 0) is 9.53 Å². The Morgan fingerprint density at radius 2 is 1.87 bits per heavy atom. The van der Waals surface area contributed by atoms with Crippen molar-refractivity contribution in [2.45, 2.75) is 18.9 Å². The lowest BCUT2D eigenvalue weighted by Crippen LogP contribution is -2.48. The number of halogens is 1. The predicted octanol–water partition coefficient (Wildman–Crippen LogP) is 2.29. The van der Waals surface area contributed by atoms with Gasteiger partial charge in [0.15, 0.2) is 6.61 Å². The van der Waals surface area contributed by atoms with E-state index in [1.54, 1.807) is 24.3 Å². The summed E-state index contributed by atoms with van der Waals surface area (Å²) in [6.45, 7) is 3.03. The molecule has 0 spiro atoms. The van der Waals surface area contributed by atoms with Gasteiger partial charge in [0.1, 0.15) is 5.75 Å². The smallest absolute Gasteiger partial charge is 0.260 e. The Bertz CT molecular complexity index is 487. The Balaban J connectivity index is 1.92. The zero-order valence-corrected chi connectivity index (χ0v) is 14.6. The van der Waals surface area contributed by atoms with E-state index in [0.29, 0.717) is 30.5 Å². The summed E-state index contributed by atoms with van der Waals surface area (Å²) in [5.74, 6) is 0.677. The van der Waals surface area contributed by atoms with E-state index in [2.05, 4.69) is 4.90 Å². The number of hydrogen-bond acceptors (Lipinski definition) is 4. The van der Waals surface area contributed by atoms with Gasteiger partial charge < -0.3 is 19.3 Å². The highest BCUT2D eigenvalue weighted by molar-refractivity contribution is 6.30. The average molecular weight is 341 g/mol. The van der Waals surface area contributed by atoms with E-state index in [4.69, 9.17) is 21.1 Å². The quantitative estimate of drug-likeness (QED) is 0.763. The molecule has 0 N–H and O–H groups in total. The molecule has 0 atom stereocenters. The number of carbonyl (C=O) groups is 1. The highest BCUT2D eigenvalue weighted by Gasteiger charge is 2.25. The molecule has 1 aromatic rings. The third kappa shape index (κ3) is 6.01. The van der Waals surface area contributed by atoms with Crippen LogP contribution in [-0.4, -0.2) is 68.8 Å². The summed E-state index contributed by atoms with van der Waals surface area (Å²) in [5.41, 5.74) is 0. The Hall–Kier alpha value is -1.30. The van der Waals surface area contributed by atoms with Gasteiger partial charge in [0.05, 0.1) is 0 Å². The lowest BCUT2D eigenvalue weighted by atomic mass is 10.1. The summed E-state index contributed by atoms with van der Waals surface area (Å²) in [6.07, 6.45) is 1.78. The normalized spacial score (nSPS) is 15.7. The second kappa shape index (κ2) is 9.11. The van der Waals surface area contributed by atoms with Crippen molar-refractivity contribution < 1.29 is 14.3 Å². The lowest BCUT2D eigenvalue weighted by molar-refractivity contribution is -0.137. The molecule has 1 amide bonds. The number of nitrogens with zero attached hydrogens (tertiary/aromatic N) is 2. The molecule has 5 nitrogen and oxygen atoms in total. The van der Waals surface area contributed by atoms with Crippen LogP contribution in [0.25, 0.3) is 0 Å². The van der Waals surface area contributed by atoms with Crippen molar-refractivity contribution in [1.29, 1.82) is 0 Å². The van der Waals surface area contributed by atoms with Crippen LogP contribution in [0, 0.1) is 0 Å².